The molecule has 0 radical (unpaired) electrons. The lowest BCUT2D eigenvalue weighted by Gasteiger charge is -2.38. The third-order valence-corrected chi connectivity index (χ3v) is 4.52. The molecule has 1 aliphatic carbocycles. The van der Waals surface area contributed by atoms with Crippen LogP contribution in [0.3, 0.4) is 0 Å². The van der Waals surface area contributed by atoms with Crippen molar-refractivity contribution in [1.29, 1.82) is 0 Å². The Morgan fingerprint density at radius 3 is 2.82 bits per heavy atom. The van der Waals surface area contributed by atoms with Crippen LogP contribution in [0.5, 0.6) is 0 Å². The van der Waals surface area contributed by atoms with Crippen LogP contribution in [0.2, 0.25) is 0 Å². The summed E-state index contributed by atoms with van der Waals surface area (Å²) < 4.78 is 7.08. The van der Waals surface area contributed by atoms with Crippen LogP contribution in [0.15, 0.2) is 30.3 Å². The van der Waals surface area contributed by atoms with E-state index in [4.69, 9.17) is 10.5 Å². The number of benzene rings is 1. The van der Waals surface area contributed by atoms with Crippen molar-refractivity contribution in [2.45, 2.75) is 31.7 Å². The molecule has 116 valence electrons. The van der Waals surface area contributed by atoms with Crippen LogP contribution in [0.4, 0.5) is 0 Å². The number of aromatic nitrogens is 1. The lowest BCUT2D eigenvalue weighted by atomic mass is 9.75. The van der Waals surface area contributed by atoms with E-state index in [-0.39, 0.29) is 11.5 Å². The summed E-state index contributed by atoms with van der Waals surface area (Å²) in [6.45, 7) is 2.19. The highest BCUT2D eigenvalue weighted by Gasteiger charge is 2.36. The molecule has 2 aromatic rings. The van der Waals surface area contributed by atoms with Crippen LogP contribution in [0, 0.1) is 0 Å². The Bertz CT molecular complexity index is 739. The molecule has 1 fully saturated rings. The summed E-state index contributed by atoms with van der Waals surface area (Å²) in [5.41, 5.74) is 9.60. The maximum absolute atomic E-state index is 11.4. The summed E-state index contributed by atoms with van der Waals surface area (Å²) in [6.07, 6.45) is 6.54. The molecule has 0 saturated heterocycles. The van der Waals surface area contributed by atoms with Gasteiger partial charge < -0.3 is 15.0 Å². The van der Waals surface area contributed by atoms with E-state index in [9.17, 15) is 4.79 Å². The van der Waals surface area contributed by atoms with Gasteiger partial charge in [0.2, 0.25) is 0 Å². The van der Waals surface area contributed by atoms with Crippen LogP contribution < -0.4 is 5.73 Å². The number of fused-ring (bicyclic) bond motifs is 1. The average molecular weight is 298 g/mol. The van der Waals surface area contributed by atoms with Gasteiger partial charge >= 0.3 is 5.97 Å². The Labute approximate surface area is 130 Å². The number of aryl methyl sites for hydroxylation is 1. The smallest absolute Gasteiger partial charge is 0.330 e. The van der Waals surface area contributed by atoms with Crippen molar-refractivity contribution in [1.82, 2.24) is 4.57 Å². The largest absolute Gasteiger partial charge is 0.463 e. The van der Waals surface area contributed by atoms with Crippen molar-refractivity contribution < 1.29 is 9.53 Å². The van der Waals surface area contributed by atoms with Crippen molar-refractivity contribution in [3.8, 4) is 0 Å². The minimum atomic E-state index is -0.314. The van der Waals surface area contributed by atoms with Gasteiger partial charge in [-0.2, -0.15) is 0 Å². The first-order valence-electron chi connectivity index (χ1n) is 7.77. The van der Waals surface area contributed by atoms with Crippen LogP contribution in [0.1, 0.15) is 37.4 Å². The number of esters is 1. The molecule has 22 heavy (non-hydrogen) atoms. The molecular weight excluding hydrogens is 276 g/mol. The molecule has 4 heteroatoms. The standard InChI is InChI=1S/C18H22N2O2/c1-3-22-17(21)8-6-13-5-7-14-12-16(18(19)9-4-10-18)20(2)15(14)11-13/h5-8,11-12H,3-4,9-10,19H2,1-2H3/b8-6-. The number of carbonyl (C=O) groups is 1. The van der Waals surface area contributed by atoms with Gasteiger partial charge in [-0.3, -0.25) is 0 Å². The average Bonchev–Trinajstić information content (AvgIpc) is 2.80. The van der Waals surface area contributed by atoms with Crippen molar-refractivity contribution >= 4 is 22.9 Å². The van der Waals surface area contributed by atoms with E-state index in [1.165, 1.54) is 23.6 Å². The predicted molar refractivity (Wildman–Crippen MR) is 88.3 cm³/mol. The maximum atomic E-state index is 11.4. The highest BCUT2D eigenvalue weighted by Crippen LogP contribution is 2.40. The highest BCUT2D eigenvalue weighted by atomic mass is 16.5. The van der Waals surface area contributed by atoms with Crippen molar-refractivity contribution in [3.63, 3.8) is 0 Å². The number of hydrogen-bond acceptors (Lipinski definition) is 3. The van der Waals surface area contributed by atoms with Gasteiger partial charge in [0.15, 0.2) is 0 Å². The van der Waals surface area contributed by atoms with Crippen molar-refractivity contribution in [2.75, 3.05) is 6.61 Å². The molecule has 1 aromatic heterocycles. The minimum absolute atomic E-state index is 0.172. The molecule has 2 N–H and O–H groups in total. The first kappa shape index (κ1) is 14.9. The fourth-order valence-corrected chi connectivity index (χ4v) is 3.10. The van der Waals surface area contributed by atoms with Gasteiger partial charge in [-0.25, -0.2) is 4.79 Å². The Morgan fingerprint density at radius 1 is 1.41 bits per heavy atom. The van der Waals surface area contributed by atoms with Crippen molar-refractivity contribution in [2.24, 2.45) is 12.8 Å². The lowest BCUT2D eigenvalue weighted by Crippen LogP contribution is -2.44. The second-order valence-electron chi connectivity index (χ2n) is 6.00. The quantitative estimate of drug-likeness (QED) is 0.697. The summed E-state index contributed by atoms with van der Waals surface area (Å²) in [5.74, 6) is -0.314. The SMILES string of the molecule is CCOC(=O)/C=C\c1ccc2cc(C3(N)CCC3)n(C)c2c1. The predicted octanol–water partition coefficient (Wildman–Crippen LogP) is 3.09. The highest BCUT2D eigenvalue weighted by molar-refractivity contribution is 5.89. The molecule has 1 heterocycles. The first-order valence-corrected chi connectivity index (χ1v) is 7.77. The third-order valence-electron chi connectivity index (χ3n) is 4.52. The van der Waals surface area contributed by atoms with E-state index in [1.54, 1.807) is 13.0 Å². The minimum Gasteiger partial charge on any atom is -0.463 e. The van der Waals surface area contributed by atoms with Crippen LogP contribution in [-0.4, -0.2) is 17.1 Å². The molecule has 0 spiro atoms. The lowest BCUT2D eigenvalue weighted by molar-refractivity contribution is -0.137. The fraction of sp³-hybridized carbons (Fsp3) is 0.389. The second-order valence-corrected chi connectivity index (χ2v) is 6.00. The van der Waals surface area contributed by atoms with Gasteiger partial charge in [-0.1, -0.05) is 12.1 Å². The van der Waals surface area contributed by atoms with Crippen LogP contribution in [-0.2, 0) is 22.1 Å². The molecule has 3 rings (SSSR count). The van der Waals surface area contributed by atoms with Gasteiger partial charge in [0.1, 0.15) is 0 Å². The summed E-state index contributed by atoms with van der Waals surface area (Å²) in [6, 6.07) is 8.35. The van der Waals surface area contributed by atoms with Gasteiger partial charge in [0.25, 0.3) is 0 Å². The van der Waals surface area contributed by atoms with E-state index >= 15 is 0 Å². The molecule has 0 bridgehead atoms. The zero-order chi connectivity index (χ0) is 15.7. The second kappa shape index (κ2) is 5.61. The van der Waals surface area contributed by atoms with Gasteiger partial charge in [-0.15, -0.1) is 0 Å². The number of carbonyl (C=O) groups excluding carboxylic acids is 1. The van der Waals surface area contributed by atoms with E-state index < -0.39 is 0 Å². The van der Waals surface area contributed by atoms with E-state index in [0.717, 1.165) is 23.9 Å². The maximum Gasteiger partial charge on any atom is 0.330 e. The van der Waals surface area contributed by atoms with Gasteiger partial charge in [0.05, 0.1) is 12.1 Å². The number of nitrogens with zero attached hydrogens (tertiary/aromatic N) is 1. The Morgan fingerprint density at radius 2 is 2.18 bits per heavy atom. The monoisotopic (exact) mass is 298 g/mol. The summed E-state index contributed by atoms with van der Waals surface area (Å²) in [7, 11) is 2.06. The fourth-order valence-electron chi connectivity index (χ4n) is 3.10. The Balaban J connectivity index is 1.93. The summed E-state index contributed by atoms with van der Waals surface area (Å²) >= 11 is 0. The van der Waals surface area contributed by atoms with Gasteiger partial charge in [-0.05, 0) is 55.3 Å². The van der Waals surface area contributed by atoms with E-state index in [2.05, 4.69) is 29.8 Å². The molecule has 1 aromatic carbocycles. The topological polar surface area (TPSA) is 57.2 Å². The van der Waals surface area contributed by atoms with Crippen molar-refractivity contribution in [3.05, 3.63) is 41.6 Å². The summed E-state index contributed by atoms with van der Waals surface area (Å²) in [5, 5.41) is 1.18. The molecule has 1 aliphatic rings. The zero-order valence-electron chi connectivity index (χ0n) is 13.1. The van der Waals surface area contributed by atoms with Gasteiger partial charge in [0, 0.05) is 24.3 Å². The number of nitrogens with two attached hydrogens (primary N) is 1. The number of hydrogen-bond donors (Lipinski definition) is 1. The first-order chi connectivity index (χ1) is 10.5. The molecule has 4 nitrogen and oxygen atoms in total. The Hall–Kier alpha value is -2.07. The number of ether oxygens (including phenoxy) is 1. The number of rotatable bonds is 4. The molecule has 0 amide bonds. The molecular formula is C18H22N2O2. The molecule has 1 saturated carbocycles. The molecule has 0 unspecified atom stereocenters. The normalized spacial score (nSPS) is 16.9. The zero-order valence-corrected chi connectivity index (χ0v) is 13.1. The van der Waals surface area contributed by atoms with Crippen LogP contribution >= 0.6 is 0 Å². The molecule has 0 atom stereocenters. The third kappa shape index (κ3) is 2.55. The van der Waals surface area contributed by atoms with E-state index in [1.807, 2.05) is 6.07 Å². The Kier molecular flexibility index (Phi) is 3.79. The van der Waals surface area contributed by atoms with E-state index in [0.29, 0.717) is 6.61 Å². The van der Waals surface area contributed by atoms with Crippen LogP contribution in [0.25, 0.3) is 17.0 Å². The summed E-state index contributed by atoms with van der Waals surface area (Å²) in [4.78, 5) is 11.4. The molecule has 0 aliphatic heterocycles.